The van der Waals surface area contributed by atoms with Gasteiger partial charge < -0.3 is 15.2 Å². The molecule has 0 bridgehead atoms. The van der Waals surface area contributed by atoms with E-state index in [2.05, 4.69) is 10.3 Å². The van der Waals surface area contributed by atoms with Gasteiger partial charge in [0.2, 0.25) is 0 Å². The molecule has 2 N–H and O–H groups in total. The molecular weight excluding hydrogens is 299 g/mol. The van der Waals surface area contributed by atoms with Gasteiger partial charge in [-0.2, -0.15) is 13.2 Å². The average molecular weight is 313 g/mol. The fraction of sp³-hybridized carbons (Fsp3) is 0.357. The number of hydrogen-bond acceptors (Lipinski definition) is 1. The molecule has 1 aromatic carbocycles. The lowest BCUT2D eigenvalue weighted by atomic mass is 9.97. The molecule has 1 atom stereocenters. The maximum atomic E-state index is 13.5. The SMILES string of the molecule is CNC(=S)N1CCc2c([nH]c3ccccc23)C1C(F)(F)F. The lowest BCUT2D eigenvalue weighted by Crippen LogP contribution is -2.49. The molecule has 0 radical (unpaired) electrons. The Kier molecular flexibility index (Phi) is 3.32. The van der Waals surface area contributed by atoms with Gasteiger partial charge in [-0.1, -0.05) is 18.2 Å². The zero-order valence-corrected chi connectivity index (χ0v) is 12.1. The molecule has 0 saturated heterocycles. The lowest BCUT2D eigenvalue weighted by molar-refractivity contribution is -0.178. The van der Waals surface area contributed by atoms with Crippen LogP contribution in [0.1, 0.15) is 17.3 Å². The van der Waals surface area contributed by atoms with Crippen LogP contribution in [0, 0.1) is 0 Å². The van der Waals surface area contributed by atoms with E-state index in [1.54, 1.807) is 6.07 Å². The van der Waals surface area contributed by atoms with Gasteiger partial charge >= 0.3 is 6.18 Å². The van der Waals surface area contributed by atoms with Crippen LogP contribution in [0.2, 0.25) is 0 Å². The van der Waals surface area contributed by atoms with Crippen LogP contribution in [-0.2, 0) is 6.42 Å². The number of H-pyrrole nitrogens is 1. The molecule has 3 nitrogen and oxygen atoms in total. The molecule has 1 unspecified atom stereocenters. The Morgan fingerprint density at radius 1 is 1.38 bits per heavy atom. The number of nitrogens with zero attached hydrogens (tertiary/aromatic N) is 1. The van der Waals surface area contributed by atoms with Crippen molar-refractivity contribution in [1.29, 1.82) is 0 Å². The molecule has 2 aromatic rings. The monoisotopic (exact) mass is 313 g/mol. The molecule has 0 saturated carbocycles. The fourth-order valence-electron chi connectivity index (χ4n) is 2.94. The number of aromatic amines is 1. The number of aromatic nitrogens is 1. The third-order valence-electron chi connectivity index (χ3n) is 3.82. The first-order valence-corrected chi connectivity index (χ1v) is 6.99. The van der Waals surface area contributed by atoms with E-state index in [-0.39, 0.29) is 17.4 Å². The highest BCUT2D eigenvalue weighted by Crippen LogP contribution is 2.43. The maximum Gasteiger partial charge on any atom is 0.414 e. The summed E-state index contributed by atoms with van der Waals surface area (Å²) in [7, 11) is 1.54. The number of thiocarbonyl (C=S) groups is 1. The summed E-state index contributed by atoms with van der Waals surface area (Å²) in [5, 5.41) is 3.62. The number of halogens is 3. The van der Waals surface area contributed by atoms with E-state index in [0.717, 1.165) is 16.5 Å². The van der Waals surface area contributed by atoms with Crippen molar-refractivity contribution in [3.05, 3.63) is 35.5 Å². The molecular formula is C14H14F3N3S. The molecule has 1 aromatic heterocycles. The zero-order valence-electron chi connectivity index (χ0n) is 11.3. The Morgan fingerprint density at radius 3 is 2.76 bits per heavy atom. The average Bonchev–Trinajstić information content (AvgIpc) is 2.82. The zero-order chi connectivity index (χ0) is 15.2. The summed E-state index contributed by atoms with van der Waals surface area (Å²) in [5.74, 6) is 0. The van der Waals surface area contributed by atoms with Crippen molar-refractivity contribution in [2.24, 2.45) is 0 Å². The molecule has 0 amide bonds. The first-order chi connectivity index (χ1) is 9.93. The summed E-state index contributed by atoms with van der Waals surface area (Å²) < 4.78 is 40.6. The Labute approximate surface area is 125 Å². The highest BCUT2D eigenvalue weighted by molar-refractivity contribution is 7.80. The van der Waals surface area contributed by atoms with E-state index in [4.69, 9.17) is 12.2 Å². The number of para-hydroxylation sites is 1. The second kappa shape index (κ2) is 4.91. The van der Waals surface area contributed by atoms with Crippen molar-refractivity contribution in [3.63, 3.8) is 0 Å². The quantitative estimate of drug-likeness (QED) is 0.733. The molecule has 7 heteroatoms. The smallest absolute Gasteiger partial charge is 0.366 e. The summed E-state index contributed by atoms with van der Waals surface area (Å²) in [6.07, 6.45) is -3.86. The van der Waals surface area contributed by atoms with Crippen molar-refractivity contribution in [3.8, 4) is 0 Å². The third kappa shape index (κ3) is 2.25. The lowest BCUT2D eigenvalue weighted by Gasteiger charge is -2.38. The molecule has 2 heterocycles. The Balaban J connectivity index is 2.18. The molecule has 0 fully saturated rings. The summed E-state index contributed by atoms with van der Waals surface area (Å²) in [6.45, 7) is 0.249. The molecule has 0 spiro atoms. The van der Waals surface area contributed by atoms with Crippen LogP contribution in [0.4, 0.5) is 13.2 Å². The van der Waals surface area contributed by atoms with E-state index < -0.39 is 12.2 Å². The van der Waals surface area contributed by atoms with Crippen LogP contribution in [0.25, 0.3) is 10.9 Å². The highest BCUT2D eigenvalue weighted by atomic mass is 32.1. The summed E-state index contributed by atoms with van der Waals surface area (Å²) in [4.78, 5) is 4.13. The summed E-state index contributed by atoms with van der Waals surface area (Å²) in [5.41, 5.74) is 1.67. The van der Waals surface area contributed by atoms with Gasteiger partial charge in [0.15, 0.2) is 11.2 Å². The molecule has 3 rings (SSSR count). The van der Waals surface area contributed by atoms with Crippen LogP contribution in [0.15, 0.2) is 24.3 Å². The number of benzene rings is 1. The van der Waals surface area contributed by atoms with Gasteiger partial charge in [-0.3, -0.25) is 0 Å². The van der Waals surface area contributed by atoms with E-state index in [1.165, 1.54) is 11.9 Å². The van der Waals surface area contributed by atoms with Gasteiger partial charge in [0.25, 0.3) is 0 Å². The number of hydrogen-bond donors (Lipinski definition) is 2. The normalized spacial score (nSPS) is 18.7. The van der Waals surface area contributed by atoms with E-state index in [1.807, 2.05) is 18.2 Å². The first kappa shape index (κ1) is 14.2. The molecule has 21 heavy (non-hydrogen) atoms. The summed E-state index contributed by atoms with van der Waals surface area (Å²) >= 11 is 5.03. The predicted octanol–water partition coefficient (Wildman–Crippen LogP) is 3.13. The van der Waals surface area contributed by atoms with E-state index in [0.29, 0.717) is 6.42 Å². The Bertz CT molecular complexity index is 692. The van der Waals surface area contributed by atoms with Crippen LogP contribution in [0.3, 0.4) is 0 Å². The van der Waals surface area contributed by atoms with Crippen molar-refractivity contribution in [2.75, 3.05) is 13.6 Å². The van der Waals surface area contributed by atoms with Crippen molar-refractivity contribution >= 4 is 28.2 Å². The van der Waals surface area contributed by atoms with Gasteiger partial charge in [0.1, 0.15) is 0 Å². The first-order valence-electron chi connectivity index (χ1n) is 6.58. The predicted molar refractivity (Wildman–Crippen MR) is 79.2 cm³/mol. The van der Waals surface area contributed by atoms with Crippen LogP contribution < -0.4 is 5.32 Å². The van der Waals surface area contributed by atoms with Gasteiger partial charge in [-0.15, -0.1) is 0 Å². The molecule has 112 valence electrons. The standard InChI is InChI=1S/C14H14F3N3S/c1-18-13(21)20-7-6-9-8-4-2-3-5-10(8)19-11(9)12(20)14(15,16)17/h2-5,12,19H,6-7H2,1H3,(H,18,21). The van der Waals surface area contributed by atoms with Gasteiger partial charge in [0, 0.05) is 24.5 Å². The van der Waals surface area contributed by atoms with Gasteiger partial charge in [-0.05, 0) is 30.3 Å². The minimum atomic E-state index is -4.39. The topological polar surface area (TPSA) is 31.1 Å². The molecule has 0 aliphatic carbocycles. The number of fused-ring (bicyclic) bond motifs is 3. The number of rotatable bonds is 0. The second-order valence-corrected chi connectivity index (χ2v) is 5.39. The Hall–Kier alpha value is -1.76. The highest BCUT2D eigenvalue weighted by Gasteiger charge is 2.49. The number of nitrogens with one attached hydrogen (secondary N) is 2. The maximum absolute atomic E-state index is 13.5. The van der Waals surface area contributed by atoms with Crippen molar-refractivity contribution < 1.29 is 13.2 Å². The molecule has 1 aliphatic rings. The van der Waals surface area contributed by atoms with Crippen LogP contribution in [-0.4, -0.2) is 34.8 Å². The minimum absolute atomic E-state index is 0.113. The minimum Gasteiger partial charge on any atom is -0.366 e. The van der Waals surface area contributed by atoms with E-state index in [9.17, 15) is 13.2 Å². The fourth-order valence-corrected chi connectivity index (χ4v) is 3.14. The Morgan fingerprint density at radius 2 is 2.10 bits per heavy atom. The van der Waals surface area contributed by atoms with E-state index >= 15 is 0 Å². The summed E-state index contributed by atoms with van der Waals surface area (Å²) in [6, 6.07) is 5.56. The van der Waals surface area contributed by atoms with Crippen molar-refractivity contribution in [2.45, 2.75) is 18.6 Å². The van der Waals surface area contributed by atoms with Crippen LogP contribution in [0.5, 0.6) is 0 Å². The molecule has 1 aliphatic heterocycles. The second-order valence-electron chi connectivity index (χ2n) is 5.01. The number of alkyl halides is 3. The van der Waals surface area contributed by atoms with Crippen LogP contribution >= 0.6 is 12.2 Å². The van der Waals surface area contributed by atoms with Gasteiger partial charge in [0.05, 0.1) is 5.69 Å². The largest absolute Gasteiger partial charge is 0.414 e. The van der Waals surface area contributed by atoms with Crippen molar-refractivity contribution in [1.82, 2.24) is 15.2 Å². The van der Waals surface area contributed by atoms with Gasteiger partial charge in [-0.25, -0.2) is 0 Å². The third-order valence-corrected chi connectivity index (χ3v) is 4.26.